The first-order valence-electron chi connectivity index (χ1n) is 8.04. The number of nitrogens with zero attached hydrogens (tertiary/aromatic N) is 1. The van der Waals surface area contributed by atoms with Gasteiger partial charge in [0.2, 0.25) is 6.54 Å². The first kappa shape index (κ1) is 15.9. The third-order valence-electron chi connectivity index (χ3n) is 4.20. The molecular formula is C21H21N2O+. The molecule has 0 unspecified atom stereocenters. The minimum absolute atomic E-state index is 0.0267. The van der Waals surface area contributed by atoms with Crippen LogP contribution in [-0.2, 0) is 11.3 Å². The molecule has 0 aliphatic rings. The minimum Gasteiger partial charge on any atom is -0.321 e. The minimum atomic E-state index is -0.0267. The van der Waals surface area contributed by atoms with Gasteiger partial charge < -0.3 is 5.32 Å². The van der Waals surface area contributed by atoms with E-state index >= 15 is 0 Å². The predicted octanol–water partition coefficient (Wildman–Crippen LogP) is 3.90. The SMILES string of the molecule is Cc1ccc[n+](CC(=O)Nc2ccc(-c3ccccc3)cc2)c1C. The molecule has 0 saturated heterocycles. The topological polar surface area (TPSA) is 33.0 Å². The third-order valence-corrected chi connectivity index (χ3v) is 4.20. The van der Waals surface area contributed by atoms with Crippen molar-refractivity contribution in [2.45, 2.75) is 20.4 Å². The fourth-order valence-corrected chi connectivity index (χ4v) is 2.65. The van der Waals surface area contributed by atoms with E-state index in [2.05, 4.69) is 17.4 Å². The number of hydrogen-bond donors (Lipinski definition) is 1. The molecule has 0 fully saturated rings. The number of amides is 1. The highest BCUT2D eigenvalue weighted by Crippen LogP contribution is 2.20. The maximum Gasteiger partial charge on any atom is 0.290 e. The number of hydrogen-bond acceptors (Lipinski definition) is 1. The van der Waals surface area contributed by atoms with Crippen molar-refractivity contribution in [2.75, 3.05) is 5.32 Å². The quantitative estimate of drug-likeness (QED) is 0.727. The van der Waals surface area contributed by atoms with Crippen LogP contribution in [0.5, 0.6) is 0 Å². The first-order chi connectivity index (χ1) is 11.6. The summed E-state index contributed by atoms with van der Waals surface area (Å²) in [5.74, 6) is -0.0267. The molecule has 3 nitrogen and oxygen atoms in total. The lowest BCUT2D eigenvalue weighted by Gasteiger charge is -2.07. The van der Waals surface area contributed by atoms with Gasteiger partial charge in [0.25, 0.3) is 5.91 Å². The Morgan fingerprint density at radius 1 is 0.875 bits per heavy atom. The molecule has 0 radical (unpaired) electrons. The van der Waals surface area contributed by atoms with E-state index < -0.39 is 0 Å². The van der Waals surface area contributed by atoms with Gasteiger partial charge in [0.15, 0.2) is 11.9 Å². The van der Waals surface area contributed by atoms with E-state index in [0.717, 1.165) is 16.9 Å². The molecule has 3 rings (SSSR count). The molecule has 1 amide bonds. The van der Waals surface area contributed by atoms with E-state index in [1.165, 1.54) is 11.1 Å². The molecule has 3 heteroatoms. The Labute approximate surface area is 142 Å². The summed E-state index contributed by atoms with van der Waals surface area (Å²) in [6.07, 6.45) is 1.93. The van der Waals surface area contributed by atoms with E-state index in [1.54, 1.807) is 0 Å². The van der Waals surface area contributed by atoms with Crippen molar-refractivity contribution in [3.8, 4) is 11.1 Å². The highest BCUT2D eigenvalue weighted by atomic mass is 16.1. The largest absolute Gasteiger partial charge is 0.321 e. The van der Waals surface area contributed by atoms with Crippen molar-refractivity contribution >= 4 is 11.6 Å². The fourth-order valence-electron chi connectivity index (χ4n) is 2.65. The van der Waals surface area contributed by atoms with Crippen LogP contribution in [0.1, 0.15) is 11.3 Å². The Morgan fingerprint density at radius 3 is 2.25 bits per heavy atom. The van der Waals surface area contributed by atoms with Gasteiger partial charge in [-0.3, -0.25) is 4.79 Å². The summed E-state index contributed by atoms with van der Waals surface area (Å²) >= 11 is 0. The van der Waals surface area contributed by atoms with Gasteiger partial charge in [-0.2, -0.15) is 4.57 Å². The van der Waals surface area contributed by atoms with Gasteiger partial charge in [-0.25, -0.2) is 0 Å². The molecule has 1 aromatic heterocycles. The van der Waals surface area contributed by atoms with Crippen molar-refractivity contribution in [2.24, 2.45) is 0 Å². The highest BCUT2D eigenvalue weighted by Gasteiger charge is 2.13. The lowest BCUT2D eigenvalue weighted by Crippen LogP contribution is -2.43. The number of rotatable bonds is 4. The Morgan fingerprint density at radius 2 is 1.54 bits per heavy atom. The second-order valence-electron chi connectivity index (χ2n) is 5.90. The Balaban J connectivity index is 1.68. The van der Waals surface area contributed by atoms with E-state index in [0.29, 0.717) is 6.54 Å². The number of nitrogens with one attached hydrogen (secondary N) is 1. The van der Waals surface area contributed by atoms with Crippen LogP contribution >= 0.6 is 0 Å². The van der Waals surface area contributed by atoms with Crippen LogP contribution in [0.4, 0.5) is 5.69 Å². The summed E-state index contributed by atoms with van der Waals surface area (Å²) < 4.78 is 1.96. The van der Waals surface area contributed by atoms with E-state index in [4.69, 9.17) is 0 Å². The molecule has 3 aromatic rings. The van der Waals surface area contributed by atoms with Gasteiger partial charge >= 0.3 is 0 Å². The van der Waals surface area contributed by atoms with Crippen LogP contribution in [0, 0.1) is 13.8 Å². The molecule has 2 aromatic carbocycles. The molecule has 0 aliphatic heterocycles. The highest BCUT2D eigenvalue weighted by molar-refractivity contribution is 5.90. The summed E-state index contributed by atoms with van der Waals surface area (Å²) in [6.45, 7) is 4.39. The van der Waals surface area contributed by atoms with Crippen LogP contribution < -0.4 is 9.88 Å². The summed E-state index contributed by atoms with van der Waals surface area (Å²) in [4.78, 5) is 12.3. The van der Waals surface area contributed by atoms with Crippen LogP contribution in [0.25, 0.3) is 11.1 Å². The van der Waals surface area contributed by atoms with Gasteiger partial charge in [0, 0.05) is 24.2 Å². The van der Waals surface area contributed by atoms with E-state index in [9.17, 15) is 4.79 Å². The van der Waals surface area contributed by atoms with Gasteiger partial charge in [0.1, 0.15) is 0 Å². The number of pyridine rings is 1. The molecule has 0 bridgehead atoms. The maximum atomic E-state index is 12.3. The van der Waals surface area contributed by atoms with Gasteiger partial charge in [-0.1, -0.05) is 42.5 Å². The number of benzene rings is 2. The smallest absolute Gasteiger partial charge is 0.290 e. The lowest BCUT2D eigenvalue weighted by molar-refractivity contribution is -0.690. The number of aryl methyl sites for hydroxylation is 1. The number of carbonyl (C=O) groups excluding carboxylic acids is 1. The Hall–Kier alpha value is -2.94. The maximum absolute atomic E-state index is 12.3. The normalized spacial score (nSPS) is 10.4. The van der Waals surface area contributed by atoms with Crippen molar-refractivity contribution in [3.05, 3.63) is 84.2 Å². The number of aromatic nitrogens is 1. The zero-order valence-electron chi connectivity index (χ0n) is 14.0. The fraction of sp³-hybridized carbons (Fsp3) is 0.143. The first-order valence-corrected chi connectivity index (χ1v) is 8.04. The second-order valence-corrected chi connectivity index (χ2v) is 5.90. The predicted molar refractivity (Wildman–Crippen MR) is 96.6 cm³/mol. The Bertz CT molecular complexity index is 839. The molecule has 24 heavy (non-hydrogen) atoms. The monoisotopic (exact) mass is 317 g/mol. The lowest BCUT2D eigenvalue weighted by atomic mass is 10.1. The summed E-state index contributed by atoms with van der Waals surface area (Å²) in [7, 11) is 0. The molecule has 1 N–H and O–H groups in total. The van der Waals surface area contributed by atoms with Crippen molar-refractivity contribution in [3.63, 3.8) is 0 Å². The van der Waals surface area contributed by atoms with Crippen LogP contribution in [-0.4, -0.2) is 5.91 Å². The summed E-state index contributed by atoms with van der Waals surface area (Å²) in [5, 5.41) is 2.96. The van der Waals surface area contributed by atoms with Crippen molar-refractivity contribution < 1.29 is 9.36 Å². The van der Waals surface area contributed by atoms with E-state index in [-0.39, 0.29) is 5.91 Å². The van der Waals surface area contributed by atoms with E-state index in [1.807, 2.05) is 79.2 Å². The van der Waals surface area contributed by atoms with Crippen LogP contribution in [0.3, 0.4) is 0 Å². The van der Waals surface area contributed by atoms with Crippen LogP contribution in [0.2, 0.25) is 0 Å². The summed E-state index contributed by atoms with van der Waals surface area (Å²) in [6, 6.07) is 22.1. The molecule has 0 saturated carbocycles. The van der Waals surface area contributed by atoms with Crippen molar-refractivity contribution in [1.82, 2.24) is 0 Å². The molecule has 0 atom stereocenters. The molecule has 120 valence electrons. The molecule has 0 aliphatic carbocycles. The average molecular weight is 317 g/mol. The molecule has 1 heterocycles. The zero-order valence-corrected chi connectivity index (χ0v) is 14.0. The van der Waals surface area contributed by atoms with Gasteiger partial charge in [-0.15, -0.1) is 0 Å². The Kier molecular flexibility index (Phi) is 4.71. The molecular weight excluding hydrogens is 296 g/mol. The third kappa shape index (κ3) is 3.69. The average Bonchev–Trinajstić information content (AvgIpc) is 2.60. The molecule has 0 spiro atoms. The van der Waals surface area contributed by atoms with Gasteiger partial charge in [0.05, 0.1) is 0 Å². The van der Waals surface area contributed by atoms with Crippen LogP contribution in [0.15, 0.2) is 72.9 Å². The zero-order chi connectivity index (χ0) is 16.9. The summed E-state index contributed by atoms with van der Waals surface area (Å²) in [5.41, 5.74) is 5.40. The second kappa shape index (κ2) is 7.09. The number of anilines is 1. The standard InChI is InChI=1S/C21H20N2O/c1-16-7-6-14-23(17(16)2)15-21(24)22-20-12-10-19(11-13-20)18-8-4-3-5-9-18/h3-14H,15H2,1-2H3/p+1. The van der Waals surface area contributed by atoms with Crippen molar-refractivity contribution in [1.29, 1.82) is 0 Å². The number of carbonyl (C=O) groups is 1. The van der Waals surface area contributed by atoms with Gasteiger partial charge in [-0.05, 0) is 36.2 Å².